The van der Waals surface area contributed by atoms with Gasteiger partial charge in [0.1, 0.15) is 18.7 Å². The van der Waals surface area contributed by atoms with Crippen LogP contribution in [0.5, 0.6) is 0 Å². The van der Waals surface area contributed by atoms with Gasteiger partial charge in [0.05, 0.1) is 5.69 Å². The van der Waals surface area contributed by atoms with Gasteiger partial charge in [-0.2, -0.15) is 0 Å². The SMILES string of the molecule is O=C(Cn1cnnn1)Nc1ccc(N2CCCC2)c(F)c1. The molecule has 2 heterocycles. The number of halogens is 1. The molecule has 0 unspecified atom stereocenters. The van der Waals surface area contributed by atoms with Gasteiger partial charge in [-0.3, -0.25) is 4.79 Å². The van der Waals surface area contributed by atoms with Crippen LogP contribution in [0.15, 0.2) is 24.5 Å². The maximum atomic E-state index is 14.1. The Kier molecular flexibility index (Phi) is 3.76. The Morgan fingerprint density at radius 3 is 2.81 bits per heavy atom. The first-order valence-corrected chi connectivity index (χ1v) is 6.77. The molecule has 0 radical (unpaired) electrons. The summed E-state index contributed by atoms with van der Waals surface area (Å²) in [4.78, 5) is 13.8. The first kappa shape index (κ1) is 13.5. The van der Waals surface area contributed by atoms with Crippen molar-refractivity contribution in [3.8, 4) is 0 Å². The number of benzene rings is 1. The molecule has 0 aliphatic carbocycles. The molecule has 1 aromatic carbocycles. The average molecular weight is 290 g/mol. The second-order valence-electron chi connectivity index (χ2n) is 4.92. The molecule has 21 heavy (non-hydrogen) atoms. The van der Waals surface area contributed by atoms with E-state index in [1.54, 1.807) is 12.1 Å². The molecule has 3 rings (SSSR count). The van der Waals surface area contributed by atoms with Gasteiger partial charge in [-0.05, 0) is 41.5 Å². The molecule has 1 N–H and O–H groups in total. The van der Waals surface area contributed by atoms with Crippen molar-refractivity contribution < 1.29 is 9.18 Å². The van der Waals surface area contributed by atoms with Crippen molar-refractivity contribution in [3.05, 3.63) is 30.3 Å². The molecule has 110 valence electrons. The van der Waals surface area contributed by atoms with Crippen molar-refractivity contribution >= 4 is 17.3 Å². The van der Waals surface area contributed by atoms with Crippen molar-refractivity contribution in [2.75, 3.05) is 23.3 Å². The second kappa shape index (κ2) is 5.86. The Hall–Kier alpha value is -2.51. The van der Waals surface area contributed by atoms with Gasteiger partial charge in [-0.1, -0.05) is 0 Å². The van der Waals surface area contributed by atoms with Crippen LogP contribution in [0.4, 0.5) is 15.8 Å². The Morgan fingerprint density at radius 2 is 2.14 bits per heavy atom. The summed E-state index contributed by atoms with van der Waals surface area (Å²) in [6.45, 7) is 1.74. The number of hydrogen-bond donors (Lipinski definition) is 1. The lowest BCUT2D eigenvalue weighted by Crippen LogP contribution is -2.21. The Labute approximate surface area is 120 Å². The van der Waals surface area contributed by atoms with Crippen LogP contribution in [-0.2, 0) is 11.3 Å². The summed E-state index contributed by atoms with van der Waals surface area (Å²) in [7, 11) is 0. The van der Waals surface area contributed by atoms with E-state index in [4.69, 9.17) is 0 Å². The summed E-state index contributed by atoms with van der Waals surface area (Å²) < 4.78 is 15.4. The lowest BCUT2D eigenvalue weighted by atomic mass is 10.2. The fraction of sp³-hybridized carbons (Fsp3) is 0.385. The van der Waals surface area contributed by atoms with Crippen molar-refractivity contribution in [2.45, 2.75) is 19.4 Å². The lowest BCUT2D eigenvalue weighted by Gasteiger charge is -2.18. The van der Waals surface area contributed by atoms with Crippen LogP contribution < -0.4 is 10.2 Å². The number of tetrazole rings is 1. The van der Waals surface area contributed by atoms with Gasteiger partial charge >= 0.3 is 0 Å². The highest BCUT2D eigenvalue weighted by Gasteiger charge is 2.16. The van der Waals surface area contributed by atoms with E-state index in [0.29, 0.717) is 11.4 Å². The average Bonchev–Trinajstić information content (AvgIpc) is 3.11. The lowest BCUT2D eigenvalue weighted by molar-refractivity contribution is -0.116. The minimum Gasteiger partial charge on any atom is -0.369 e. The number of rotatable bonds is 4. The zero-order chi connectivity index (χ0) is 14.7. The fourth-order valence-electron chi connectivity index (χ4n) is 2.40. The van der Waals surface area contributed by atoms with Crippen LogP contribution in [0.1, 0.15) is 12.8 Å². The minimum atomic E-state index is -0.322. The number of carbonyl (C=O) groups is 1. The van der Waals surface area contributed by atoms with Gasteiger partial charge in [-0.15, -0.1) is 5.10 Å². The number of amides is 1. The number of nitrogens with one attached hydrogen (secondary N) is 1. The summed E-state index contributed by atoms with van der Waals surface area (Å²) in [5.41, 5.74) is 1.01. The van der Waals surface area contributed by atoms with E-state index in [1.165, 1.54) is 17.1 Å². The Morgan fingerprint density at radius 1 is 1.33 bits per heavy atom. The molecule has 1 aliphatic heterocycles. The smallest absolute Gasteiger partial charge is 0.246 e. The standard InChI is InChI=1S/C13H15FN6O/c14-11-7-10(3-4-12(11)19-5-1-2-6-19)16-13(21)8-20-9-15-17-18-20/h3-4,7,9H,1-2,5-6,8H2,(H,16,21). The predicted molar refractivity (Wildman–Crippen MR) is 74.3 cm³/mol. The van der Waals surface area contributed by atoms with E-state index in [-0.39, 0.29) is 18.3 Å². The van der Waals surface area contributed by atoms with E-state index in [2.05, 4.69) is 20.8 Å². The van der Waals surface area contributed by atoms with Crippen molar-refractivity contribution in [1.82, 2.24) is 20.2 Å². The van der Waals surface area contributed by atoms with Crippen molar-refractivity contribution in [2.24, 2.45) is 0 Å². The van der Waals surface area contributed by atoms with Gasteiger partial charge < -0.3 is 10.2 Å². The van der Waals surface area contributed by atoms with Crippen LogP contribution >= 0.6 is 0 Å². The summed E-state index contributed by atoms with van der Waals surface area (Å²) in [5.74, 6) is -0.632. The number of aromatic nitrogens is 4. The van der Waals surface area contributed by atoms with Gasteiger partial charge in [0.15, 0.2) is 0 Å². The zero-order valence-corrected chi connectivity index (χ0v) is 11.4. The summed E-state index contributed by atoms with van der Waals surface area (Å²) in [6.07, 6.45) is 3.52. The van der Waals surface area contributed by atoms with Gasteiger partial charge in [0.2, 0.25) is 5.91 Å². The highest BCUT2D eigenvalue weighted by atomic mass is 19.1. The molecule has 7 nitrogen and oxygen atoms in total. The molecule has 1 fully saturated rings. The Bertz CT molecular complexity index is 624. The maximum Gasteiger partial charge on any atom is 0.246 e. The number of hydrogen-bond acceptors (Lipinski definition) is 5. The molecule has 2 aromatic rings. The zero-order valence-electron chi connectivity index (χ0n) is 11.4. The van der Waals surface area contributed by atoms with Crippen LogP contribution in [0, 0.1) is 5.82 Å². The quantitative estimate of drug-likeness (QED) is 0.911. The molecule has 0 spiro atoms. The van der Waals surface area contributed by atoms with E-state index in [1.807, 2.05) is 4.90 Å². The van der Waals surface area contributed by atoms with Gasteiger partial charge in [0, 0.05) is 18.8 Å². The molecular weight excluding hydrogens is 275 g/mol. The minimum absolute atomic E-state index is 0.0114. The first-order valence-electron chi connectivity index (χ1n) is 6.77. The molecule has 1 saturated heterocycles. The van der Waals surface area contributed by atoms with E-state index < -0.39 is 0 Å². The monoisotopic (exact) mass is 290 g/mol. The summed E-state index contributed by atoms with van der Waals surface area (Å²) in [5, 5.41) is 13.1. The highest BCUT2D eigenvalue weighted by molar-refractivity contribution is 5.90. The van der Waals surface area contributed by atoms with Gasteiger partial charge in [-0.25, -0.2) is 9.07 Å². The fourth-order valence-corrected chi connectivity index (χ4v) is 2.40. The summed E-state index contributed by atoms with van der Waals surface area (Å²) >= 11 is 0. The van der Waals surface area contributed by atoms with E-state index in [9.17, 15) is 9.18 Å². The third kappa shape index (κ3) is 3.15. The van der Waals surface area contributed by atoms with Gasteiger partial charge in [0.25, 0.3) is 0 Å². The molecular formula is C13H15FN6O. The largest absolute Gasteiger partial charge is 0.369 e. The molecule has 0 bridgehead atoms. The maximum absolute atomic E-state index is 14.1. The predicted octanol–water partition coefficient (Wildman–Crippen LogP) is 1.05. The van der Waals surface area contributed by atoms with Crippen LogP contribution in [0.3, 0.4) is 0 Å². The normalized spacial score (nSPS) is 14.4. The second-order valence-corrected chi connectivity index (χ2v) is 4.92. The van der Waals surface area contributed by atoms with E-state index >= 15 is 0 Å². The third-order valence-electron chi connectivity index (χ3n) is 3.38. The molecule has 1 aliphatic rings. The number of carbonyl (C=O) groups excluding carboxylic acids is 1. The number of nitrogens with zero attached hydrogens (tertiary/aromatic N) is 5. The highest BCUT2D eigenvalue weighted by Crippen LogP contribution is 2.25. The molecule has 8 heteroatoms. The summed E-state index contributed by atoms with van der Waals surface area (Å²) in [6, 6.07) is 4.74. The first-order chi connectivity index (χ1) is 10.2. The molecule has 1 amide bonds. The Balaban J connectivity index is 1.66. The van der Waals surface area contributed by atoms with E-state index in [0.717, 1.165) is 25.9 Å². The topological polar surface area (TPSA) is 75.9 Å². The van der Waals surface area contributed by atoms with Crippen LogP contribution in [0.25, 0.3) is 0 Å². The third-order valence-corrected chi connectivity index (χ3v) is 3.38. The molecule has 0 atom stereocenters. The van der Waals surface area contributed by atoms with Crippen molar-refractivity contribution in [1.29, 1.82) is 0 Å². The molecule has 1 aromatic heterocycles. The van der Waals surface area contributed by atoms with Crippen LogP contribution in [-0.4, -0.2) is 39.2 Å². The number of anilines is 2. The van der Waals surface area contributed by atoms with Crippen molar-refractivity contribution in [3.63, 3.8) is 0 Å². The molecule has 0 saturated carbocycles. The van der Waals surface area contributed by atoms with Crippen LogP contribution in [0.2, 0.25) is 0 Å².